The topological polar surface area (TPSA) is 98.8 Å². The summed E-state index contributed by atoms with van der Waals surface area (Å²) in [6.45, 7) is 6.81. The van der Waals surface area contributed by atoms with Gasteiger partial charge in [0, 0.05) is 6.08 Å². The second-order valence-corrected chi connectivity index (χ2v) is 2.44. The van der Waals surface area contributed by atoms with Crippen LogP contribution in [0.25, 0.3) is 0 Å². The van der Waals surface area contributed by atoms with E-state index in [1.807, 2.05) is 0 Å². The molecule has 1 atom stereocenters. The summed E-state index contributed by atoms with van der Waals surface area (Å²) in [6, 6.07) is 0. The zero-order chi connectivity index (χ0) is 12.3. The lowest BCUT2D eigenvalue weighted by atomic mass is 10.4. The quantitative estimate of drug-likeness (QED) is 0.519. The van der Waals surface area contributed by atoms with Crippen molar-refractivity contribution in [2.45, 2.75) is 20.0 Å². The lowest BCUT2D eigenvalue weighted by Crippen LogP contribution is -2.13. The number of carbonyl (C=O) groups is 2. The minimum Gasteiger partial charge on any atom is -0.460 e. The molecule has 0 bridgehead atoms. The molecule has 6 nitrogen and oxygen atoms in total. The normalized spacial score (nSPS) is 10.3. The number of ether oxygens (including phenoxy) is 2. The number of aliphatic hydroxyl groups is 1. The van der Waals surface area contributed by atoms with Gasteiger partial charge in [0.1, 0.15) is 6.61 Å². The molecule has 6 heteroatoms. The molecule has 88 valence electrons. The molecular weight excluding hydrogens is 202 g/mol. The first-order chi connectivity index (χ1) is 6.93. The largest absolute Gasteiger partial charge is 0.460 e. The number of hydrogen-bond acceptors (Lipinski definition) is 5. The highest BCUT2D eigenvalue weighted by Crippen LogP contribution is 1.83. The van der Waals surface area contributed by atoms with Crippen LogP contribution in [0.3, 0.4) is 0 Å². The Bertz CT molecular complexity index is 203. The van der Waals surface area contributed by atoms with Crippen LogP contribution in [0.4, 0.5) is 4.79 Å². The minimum absolute atomic E-state index is 0.0326. The SMILES string of the molecule is C=CC(=O)OCC(C)O.CCOC(N)=O. The zero-order valence-electron chi connectivity index (χ0n) is 8.93. The fourth-order valence-corrected chi connectivity index (χ4v) is 0.404. The van der Waals surface area contributed by atoms with Crippen LogP contribution < -0.4 is 5.73 Å². The molecule has 0 saturated heterocycles. The summed E-state index contributed by atoms with van der Waals surface area (Å²) in [6.07, 6.45) is -0.256. The third-order valence-electron chi connectivity index (χ3n) is 0.920. The van der Waals surface area contributed by atoms with Crippen LogP contribution >= 0.6 is 0 Å². The Kier molecular flexibility index (Phi) is 11.1. The Labute approximate surface area is 88.7 Å². The first kappa shape index (κ1) is 15.9. The molecule has 0 radical (unpaired) electrons. The maximum Gasteiger partial charge on any atom is 0.404 e. The van der Waals surface area contributed by atoms with Crippen LogP contribution in [0.2, 0.25) is 0 Å². The number of hydrogen-bond donors (Lipinski definition) is 2. The second kappa shape index (κ2) is 10.5. The number of amides is 1. The monoisotopic (exact) mass is 219 g/mol. The van der Waals surface area contributed by atoms with Gasteiger partial charge in [0.25, 0.3) is 0 Å². The highest BCUT2D eigenvalue weighted by molar-refractivity contribution is 5.81. The maximum absolute atomic E-state index is 10.3. The molecule has 3 N–H and O–H groups in total. The number of rotatable bonds is 4. The summed E-state index contributed by atoms with van der Waals surface area (Å²) in [7, 11) is 0. The molecule has 1 amide bonds. The van der Waals surface area contributed by atoms with E-state index in [2.05, 4.69) is 21.8 Å². The van der Waals surface area contributed by atoms with Gasteiger partial charge >= 0.3 is 12.1 Å². The van der Waals surface area contributed by atoms with Gasteiger partial charge in [-0.3, -0.25) is 0 Å². The van der Waals surface area contributed by atoms with Gasteiger partial charge in [-0.05, 0) is 13.8 Å². The summed E-state index contributed by atoms with van der Waals surface area (Å²) in [4.78, 5) is 19.9. The van der Waals surface area contributed by atoms with Crippen LogP contribution in [-0.4, -0.2) is 36.5 Å². The maximum atomic E-state index is 10.3. The molecule has 15 heavy (non-hydrogen) atoms. The van der Waals surface area contributed by atoms with Crippen LogP contribution in [0, 0.1) is 0 Å². The molecule has 1 unspecified atom stereocenters. The first-order valence-electron chi connectivity index (χ1n) is 4.33. The van der Waals surface area contributed by atoms with Gasteiger partial charge in [0.2, 0.25) is 0 Å². The number of esters is 1. The highest BCUT2D eigenvalue weighted by atomic mass is 16.5. The van der Waals surface area contributed by atoms with Gasteiger partial charge in [-0.25, -0.2) is 9.59 Å². The molecule has 0 aliphatic rings. The minimum atomic E-state index is -0.711. The molecule has 0 aromatic rings. The van der Waals surface area contributed by atoms with Crippen molar-refractivity contribution in [1.82, 2.24) is 0 Å². The standard InChI is InChI=1S/C6H10O3.C3H7NO2/c1-3-6(8)9-4-5(2)7;1-2-6-3(4)5/h3,5,7H,1,4H2,2H3;2H2,1H3,(H2,4,5). The molecule has 0 spiro atoms. The van der Waals surface area contributed by atoms with Crippen molar-refractivity contribution in [1.29, 1.82) is 0 Å². The molecule has 0 rings (SSSR count). The van der Waals surface area contributed by atoms with Crippen molar-refractivity contribution in [3.8, 4) is 0 Å². The highest BCUT2D eigenvalue weighted by Gasteiger charge is 1.98. The molecule has 0 aromatic heterocycles. The molecule has 0 saturated carbocycles. The van der Waals surface area contributed by atoms with Crippen LogP contribution in [-0.2, 0) is 14.3 Å². The van der Waals surface area contributed by atoms with Gasteiger partial charge in [0.05, 0.1) is 12.7 Å². The van der Waals surface area contributed by atoms with Gasteiger partial charge in [0.15, 0.2) is 0 Å². The van der Waals surface area contributed by atoms with E-state index in [-0.39, 0.29) is 6.61 Å². The van der Waals surface area contributed by atoms with Crippen molar-refractivity contribution in [2.24, 2.45) is 5.73 Å². The molecule has 0 heterocycles. The zero-order valence-corrected chi connectivity index (χ0v) is 8.93. The summed E-state index contributed by atoms with van der Waals surface area (Å²) in [5.74, 6) is -0.504. The summed E-state index contributed by atoms with van der Waals surface area (Å²) in [5, 5.41) is 8.59. The average molecular weight is 219 g/mol. The van der Waals surface area contributed by atoms with E-state index in [1.165, 1.54) is 6.92 Å². The smallest absolute Gasteiger partial charge is 0.404 e. The summed E-state index contributed by atoms with van der Waals surface area (Å²) in [5.41, 5.74) is 4.54. The Hall–Kier alpha value is -1.56. The fraction of sp³-hybridized carbons (Fsp3) is 0.556. The Morgan fingerprint density at radius 1 is 1.53 bits per heavy atom. The van der Waals surface area contributed by atoms with E-state index < -0.39 is 18.2 Å². The van der Waals surface area contributed by atoms with E-state index in [0.29, 0.717) is 6.61 Å². The molecule has 0 aliphatic heterocycles. The van der Waals surface area contributed by atoms with E-state index in [4.69, 9.17) is 5.11 Å². The lowest BCUT2D eigenvalue weighted by Gasteiger charge is -2.02. The van der Waals surface area contributed by atoms with E-state index in [9.17, 15) is 9.59 Å². The van der Waals surface area contributed by atoms with Crippen molar-refractivity contribution in [3.05, 3.63) is 12.7 Å². The average Bonchev–Trinajstić information content (AvgIpc) is 2.14. The van der Waals surface area contributed by atoms with E-state index >= 15 is 0 Å². The predicted octanol–water partition coefficient (Wildman–Crippen LogP) is 0.198. The fourth-order valence-electron chi connectivity index (χ4n) is 0.404. The Morgan fingerprint density at radius 3 is 2.27 bits per heavy atom. The molecule has 0 fully saturated rings. The molecular formula is C9H17NO5. The van der Waals surface area contributed by atoms with Gasteiger partial charge in [-0.15, -0.1) is 0 Å². The lowest BCUT2D eigenvalue weighted by molar-refractivity contribution is -0.140. The van der Waals surface area contributed by atoms with Gasteiger partial charge in [-0.1, -0.05) is 6.58 Å². The van der Waals surface area contributed by atoms with E-state index in [0.717, 1.165) is 6.08 Å². The Morgan fingerprint density at radius 2 is 2.07 bits per heavy atom. The van der Waals surface area contributed by atoms with Gasteiger partial charge in [-0.2, -0.15) is 0 Å². The number of primary amides is 1. The Balaban J connectivity index is 0. The van der Waals surface area contributed by atoms with Crippen molar-refractivity contribution in [3.63, 3.8) is 0 Å². The van der Waals surface area contributed by atoms with Crippen molar-refractivity contribution in [2.75, 3.05) is 13.2 Å². The summed E-state index contributed by atoms with van der Waals surface area (Å²) < 4.78 is 8.63. The van der Waals surface area contributed by atoms with Crippen molar-refractivity contribution < 1.29 is 24.2 Å². The van der Waals surface area contributed by atoms with Crippen LogP contribution in [0.5, 0.6) is 0 Å². The van der Waals surface area contributed by atoms with Gasteiger partial charge < -0.3 is 20.3 Å². The van der Waals surface area contributed by atoms with Crippen LogP contribution in [0.1, 0.15) is 13.8 Å². The van der Waals surface area contributed by atoms with Crippen molar-refractivity contribution >= 4 is 12.1 Å². The molecule has 0 aromatic carbocycles. The second-order valence-electron chi connectivity index (χ2n) is 2.44. The molecule has 0 aliphatic carbocycles. The third-order valence-corrected chi connectivity index (χ3v) is 0.920. The third kappa shape index (κ3) is 19.0. The first-order valence-corrected chi connectivity index (χ1v) is 4.33. The van der Waals surface area contributed by atoms with E-state index in [1.54, 1.807) is 6.92 Å². The van der Waals surface area contributed by atoms with Crippen LogP contribution in [0.15, 0.2) is 12.7 Å². The number of nitrogens with two attached hydrogens (primary N) is 1. The number of aliphatic hydroxyl groups excluding tert-OH is 1. The summed E-state index contributed by atoms with van der Waals surface area (Å²) >= 11 is 0. The number of carbonyl (C=O) groups excluding carboxylic acids is 2. The predicted molar refractivity (Wildman–Crippen MR) is 54.0 cm³/mol.